The summed E-state index contributed by atoms with van der Waals surface area (Å²) in [5, 5.41) is 0. The number of ether oxygens (including phenoxy) is 1. The van der Waals surface area contributed by atoms with Crippen LogP contribution in [0.2, 0.25) is 0 Å². The molecule has 0 aliphatic rings. The average Bonchev–Trinajstić information content (AvgIpc) is 3.33. The molecule has 8 heteroatoms. The summed E-state index contributed by atoms with van der Waals surface area (Å²) in [7, 11) is 0. The summed E-state index contributed by atoms with van der Waals surface area (Å²) in [5.74, 6) is 0.694. The zero-order valence-electron chi connectivity index (χ0n) is 21.8. The summed E-state index contributed by atoms with van der Waals surface area (Å²) in [6, 6.07) is 20.9. The van der Waals surface area contributed by atoms with Crippen molar-refractivity contribution < 1.29 is 9.53 Å². The molecule has 0 bridgehead atoms. The van der Waals surface area contributed by atoms with Gasteiger partial charge in [-0.15, -0.1) is 0 Å². The first-order chi connectivity index (χ1) is 18.1. The summed E-state index contributed by atoms with van der Waals surface area (Å²) < 4.78 is 7.05. The molecule has 0 aliphatic heterocycles. The fourth-order valence-electron chi connectivity index (χ4n) is 3.57. The van der Waals surface area contributed by atoms with Crippen molar-refractivity contribution in [1.82, 2.24) is 24.5 Å². The number of hydrogen-bond acceptors (Lipinski definition) is 7. The van der Waals surface area contributed by atoms with Crippen molar-refractivity contribution in [3.63, 3.8) is 0 Å². The van der Waals surface area contributed by atoms with Gasteiger partial charge in [0.25, 0.3) is 0 Å². The SMILES string of the molecule is CC.CC.CC(=O)OCc1ccc(-n2c(-c3cccnc3N)nc3ccc(-c4ccccn4)nc32)cc1. The number of aromatic nitrogens is 5. The molecule has 0 saturated heterocycles. The van der Waals surface area contributed by atoms with Crippen LogP contribution in [-0.2, 0) is 16.1 Å². The molecule has 2 N–H and O–H groups in total. The third kappa shape index (κ3) is 6.16. The van der Waals surface area contributed by atoms with E-state index >= 15 is 0 Å². The molecule has 0 fully saturated rings. The van der Waals surface area contributed by atoms with Crippen molar-refractivity contribution in [3.8, 4) is 28.5 Å². The lowest BCUT2D eigenvalue weighted by Gasteiger charge is -2.11. The van der Waals surface area contributed by atoms with E-state index in [0.717, 1.165) is 28.2 Å². The Kier molecular flexibility index (Phi) is 9.43. The highest BCUT2D eigenvalue weighted by atomic mass is 16.5. The summed E-state index contributed by atoms with van der Waals surface area (Å²) in [6.07, 6.45) is 3.38. The Hall–Kier alpha value is -4.59. The highest BCUT2D eigenvalue weighted by Gasteiger charge is 2.18. The second kappa shape index (κ2) is 12.9. The topological polar surface area (TPSA) is 109 Å². The number of anilines is 1. The quantitative estimate of drug-likeness (QED) is 0.287. The number of benzene rings is 1. The minimum atomic E-state index is -0.319. The zero-order valence-corrected chi connectivity index (χ0v) is 21.8. The van der Waals surface area contributed by atoms with Gasteiger partial charge in [-0.25, -0.2) is 15.0 Å². The van der Waals surface area contributed by atoms with Crippen molar-refractivity contribution in [2.45, 2.75) is 41.2 Å². The van der Waals surface area contributed by atoms with Gasteiger partial charge >= 0.3 is 5.97 Å². The Morgan fingerprint density at radius 2 is 1.57 bits per heavy atom. The lowest BCUT2D eigenvalue weighted by molar-refractivity contribution is -0.142. The molecule has 0 saturated carbocycles. The van der Waals surface area contributed by atoms with Gasteiger partial charge in [0.2, 0.25) is 0 Å². The van der Waals surface area contributed by atoms with Crippen LogP contribution in [0, 0.1) is 0 Å². The molecule has 0 unspecified atom stereocenters. The first-order valence-electron chi connectivity index (χ1n) is 12.3. The van der Waals surface area contributed by atoms with E-state index in [1.807, 2.05) is 99.0 Å². The molecule has 4 aromatic heterocycles. The van der Waals surface area contributed by atoms with E-state index in [-0.39, 0.29) is 12.6 Å². The van der Waals surface area contributed by atoms with E-state index in [2.05, 4.69) is 9.97 Å². The highest BCUT2D eigenvalue weighted by Crippen LogP contribution is 2.31. The molecule has 37 heavy (non-hydrogen) atoms. The number of nitrogens with two attached hydrogens (primary N) is 1. The minimum Gasteiger partial charge on any atom is -0.461 e. The average molecular weight is 497 g/mol. The number of fused-ring (bicyclic) bond motifs is 1. The Morgan fingerprint density at radius 3 is 2.22 bits per heavy atom. The van der Waals surface area contributed by atoms with Crippen LogP contribution in [0.5, 0.6) is 0 Å². The molecule has 5 rings (SSSR count). The number of nitrogens with zero attached hydrogens (tertiary/aromatic N) is 5. The maximum atomic E-state index is 11.1. The van der Waals surface area contributed by atoms with E-state index in [1.54, 1.807) is 12.4 Å². The maximum Gasteiger partial charge on any atom is 0.302 e. The van der Waals surface area contributed by atoms with Gasteiger partial charge in [0, 0.05) is 25.0 Å². The Morgan fingerprint density at radius 1 is 0.838 bits per heavy atom. The number of imidazole rings is 1. The van der Waals surface area contributed by atoms with Crippen molar-refractivity contribution in [1.29, 1.82) is 0 Å². The summed E-state index contributed by atoms with van der Waals surface area (Å²) in [6.45, 7) is 9.60. The van der Waals surface area contributed by atoms with Gasteiger partial charge in [-0.2, -0.15) is 0 Å². The molecule has 1 aromatic carbocycles. The number of carbonyl (C=O) groups is 1. The molecular formula is C29H32N6O2. The van der Waals surface area contributed by atoms with E-state index in [9.17, 15) is 4.79 Å². The molecule has 190 valence electrons. The molecule has 0 aliphatic carbocycles. The van der Waals surface area contributed by atoms with Crippen LogP contribution in [0.25, 0.3) is 39.6 Å². The summed E-state index contributed by atoms with van der Waals surface area (Å²) in [5.41, 5.74) is 11.5. The van der Waals surface area contributed by atoms with Gasteiger partial charge < -0.3 is 10.5 Å². The van der Waals surface area contributed by atoms with Crippen LogP contribution in [0.3, 0.4) is 0 Å². The molecular weight excluding hydrogens is 464 g/mol. The Labute approximate surface area is 217 Å². The normalized spacial score (nSPS) is 10.1. The fraction of sp³-hybridized carbons (Fsp3) is 0.207. The molecule has 5 aromatic rings. The van der Waals surface area contributed by atoms with Crippen LogP contribution < -0.4 is 5.73 Å². The van der Waals surface area contributed by atoms with Crippen molar-refractivity contribution >= 4 is 23.0 Å². The van der Waals surface area contributed by atoms with E-state index in [4.69, 9.17) is 20.4 Å². The van der Waals surface area contributed by atoms with E-state index in [0.29, 0.717) is 22.9 Å². The summed E-state index contributed by atoms with van der Waals surface area (Å²) >= 11 is 0. The van der Waals surface area contributed by atoms with Crippen LogP contribution in [0.15, 0.2) is 79.1 Å². The van der Waals surface area contributed by atoms with Crippen LogP contribution in [0.1, 0.15) is 40.2 Å². The molecule has 0 amide bonds. The Balaban J connectivity index is 0.000000907. The van der Waals surface area contributed by atoms with Gasteiger partial charge in [-0.3, -0.25) is 14.3 Å². The number of carbonyl (C=O) groups excluding carboxylic acids is 1. The van der Waals surface area contributed by atoms with E-state index < -0.39 is 0 Å². The van der Waals surface area contributed by atoms with Gasteiger partial charge in [0.05, 0.1) is 17.0 Å². The minimum absolute atomic E-state index is 0.213. The molecule has 0 atom stereocenters. The first kappa shape index (κ1) is 27.0. The predicted molar refractivity (Wildman–Crippen MR) is 148 cm³/mol. The third-order valence-corrected chi connectivity index (χ3v) is 5.15. The van der Waals surface area contributed by atoms with Crippen molar-refractivity contribution in [2.75, 3.05) is 5.73 Å². The third-order valence-electron chi connectivity index (χ3n) is 5.15. The summed E-state index contributed by atoms with van der Waals surface area (Å²) in [4.78, 5) is 29.5. The first-order valence-corrected chi connectivity index (χ1v) is 12.3. The number of pyridine rings is 3. The van der Waals surface area contributed by atoms with Crippen LogP contribution in [0.4, 0.5) is 5.82 Å². The predicted octanol–water partition coefficient (Wildman–Crippen LogP) is 6.24. The van der Waals surface area contributed by atoms with Crippen molar-refractivity contribution in [2.24, 2.45) is 0 Å². The monoisotopic (exact) mass is 496 g/mol. The van der Waals surface area contributed by atoms with Gasteiger partial charge in [-0.05, 0) is 54.1 Å². The largest absolute Gasteiger partial charge is 0.461 e. The van der Waals surface area contributed by atoms with Gasteiger partial charge in [0.15, 0.2) is 11.5 Å². The van der Waals surface area contributed by atoms with Gasteiger partial charge in [-0.1, -0.05) is 45.9 Å². The zero-order chi connectivity index (χ0) is 26.8. The smallest absolute Gasteiger partial charge is 0.302 e. The molecule has 0 spiro atoms. The van der Waals surface area contributed by atoms with Crippen molar-refractivity contribution in [3.05, 3.63) is 84.7 Å². The second-order valence-corrected chi connectivity index (χ2v) is 7.41. The number of rotatable bonds is 5. The number of nitrogen functional groups attached to an aromatic ring is 1. The second-order valence-electron chi connectivity index (χ2n) is 7.41. The van der Waals surface area contributed by atoms with E-state index in [1.165, 1.54) is 6.92 Å². The lowest BCUT2D eigenvalue weighted by atomic mass is 10.2. The molecule has 8 nitrogen and oxygen atoms in total. The molecule has 0 radical (unpaired) electrons. The maximum absolute atomic E-state index is 11.1. The highest BCUT2D eigenvalue weighted by molar-refractivity contribution is 5.84. The van der Waals surface area contributed by atoms with Crippen LogP contribution >= 0.6 is 0 Å². The van der Waals surface area contributed by atoms with Crippen LogP contribution in [-0.4, -0.2) is 30.5 Å². The van der Waals surface area contributed by atoms with Gasteiger partial charge in [0.1, 0.15) is 17.9 Å². The number of esters is 1. The lowest BCUT2D eigenvalue weighted by Crippen LogP contribution is -2.03. The fourth-order valence-corrected chi connectivity index (χ4v) is 3.57. The molecule has 4 heterocycles. The Bertz CT molecular complexity index is 1450. The standard InChI is InChI=1S/C25H20N6O2.2C2H6/c1-16(32)33-15-17-7-9-18(10-8-17)31-24(19-5-4-14-28-23(19)26)30-22-12-11-21(29-25(22)31)20-6-2-3-13-27-20;2*1-2/h2-14H,15H2,1H3,(H2,26,28);2*1-2H3. The number of hydrogen-bond donors (Lipinski definition) is 1.